The number of ketones is 1. The zero-order chi connectivity index (χ0) is 13.3. The molecule has 0 saturated carbocycles. The van der Waals surface area contributed by atoms with Crippen molar-refractivity contribution in [3.05, 3.63) is 41.0 Å². The van der Waals surface area contributed by atoms with Gasteiger partial charge < -0.3 is 5.11 Å². The number of rotatable bonds is 3. The number of Topliss-reactive ketones (excluding diaryl/α,β-unsaturated/α-hetero) is 1. The van der Waals surface area contributed by atoms with Gasteiger partial charge in [0.1, 0.15) is 5.75 Å². The van der Waals surface area contributed by atoms with Crippen molar-refractivity contribution in [1.29, 1.82) is 0 Å². The van der Waals surface area contributed by atoms with Crippen LogP contribution in [0.4, 0.5) is 0 Å². The number of benzene rings is 2. The Morgan fingerprint density at radius 1 is 1.17 bits per heavy atom. The summed E-state index contributed by atoms with van der Waals surface area (Å²) in [7, 11) is 0. The van der Waals surface area contributed by atoms with Crippen molar-refractivity contribution in [2.75, 3.05) is 0 Å². The van der Waals surface area contributed by atoms with Gasteiger partial charge in [-0.15, -0.1) is 0 Å². The standard InChI is InChI=1S/C16H18O2/c1-4-11-7-6-8-13-12(5-2)9-14(10(3)17)16(18)15(11)13/h6-9,18H,4-5H2,1-3H3. The normalized spacial score (nSPS) is 10.8. The number of aryl methyl sites for hydroxylation is 2. The number of carbonyl (C=O) groups excluding carboxylic acids is 1. The van der Waals surface area contributed by atoms with Gasteiger partial charge in [0.15, 0.2) is 5.78 Å². The fourth-order valence-electron chi connectivity index (χ4n) is 2.46. The number of phenols is 1. The van der Waals surface area contributed by atoms with Crippen LogP contribution in [0.5, 0.6) is 5.75 Å². The lowest BCUT2D eigenvalue weighted by molar-refractivity contribution is 0.101. The molecular weight excluding hydrogens is 224 g/mol. The Morgan fingerprint density at radius 2 is 1.83 bits per heavy atom. The highest BCUT2D eigenvalue weighted by atomic mass is 16.3. The lowest BCUT2D eigenvalue weighted by Gasteiger charge is -2.13. The van der Waals surface area contributed by atoms with Gasteiger partial charge >= 0.3 is 0 Å². The Balaban J connectivity index is 2.94. The third kappa shape index (κ3) is 1.88. The molecule has 2 aromatic rings. The van der Waals surface area contributed by atoms with Gasteiger partial charge in [-0.05, 0) is 42.3 Å². The summed E-state index contributed by atoms with van der Waals surface area (Å²) in [6.07, 6.45) is 1.69. The van der Waals surface area contributed by atoms with Crippen molar-refractivity contribution in [1.82, 2.24) is 0 Å². The average Bonchev–Trinajstić information content (AvgIpc) is 2.38. The van der Waals surface area contributed by atoms with Gasteiger partial charge in [-0.2, -0.15) is 0 Å². The molecule has 1 N–H and O–H groups in total. The Bertz CT molecular complexity index is 612. The molecule has 94 valence electrons. The lowest BCUT2D eigenvalue weighted by Crippen LogP contribution is -1.98. The Hall–Kier alpha value is -1.83. The first-order valence-corrected chi connectivity index (χ1v) is 6.37. The zero-order valence-corrected chi connectivity index (χ0v) is 11.1. The van der Waals surface area contributed by atoms with Crippen LogP contribution in [0.3, 0.4) is 0 Å². The summed E-state index contributed by atoms with van der Waals surface area (Å²) in [5.41, 5.74) is 2.63. The summed E-state index contributed by atoms with van der Waals surface area (Å²) in [4.78, 5) is 11.6. The van der Waals surface area contributed by atoms with E-state index in [0.717, 1.165) is 34.7 Å². The van der Waals surface area contributed by atoms with E-state index in [4.69, 9.17) is 0 Å². The average molecular weight is 242 g/mol. The molecule has 0 heterocycles. The molecule has 0 spiro atoms. The largest absolute Gasteiger partial charge is 0.507 e. The smallest absolute Gasteiger partial charge is 0.163 e. The van der Waals surface area contributed by atoms with Crippen molar-refractivity contribution in [3.63, 3.8) is 0 Å². The number of carbonyl (C=O) groups is 1. The van der Waals surface area contributed by atoms with Crippen LogP contribution < -0.4 is 0 Å². The first-order chi connectivity index (χ1) is 8.60. The van der Waals surface area contributed by atoms with Crippen molar-refractivity contribution >= 4 is 16.6 Å². The number of hydrogen-bond donors (Lipinski definition) is 1. The zero-order valence-electron chi connectivity index (χ0n) is 11.1. The molecule has 0 radical (unpaired) electrons. The summed E-state index contributed by atoms with van der Waals surface area (Å²) in [6, 6.07) is 7.84. The molecule has 2 aromatic carbocycles. The van der Waals surface area contributed by atoms with Crippen molar-refractivity contribution in [3.8, 4) is 5.75 Å². The molecule has 0 unspecified atom stereocenters. The van der Waals surface area contributed by atoms with Gasteiger partial charge in [0, 0.05) is 5.39 Å². The van der Waals surface area contributed by atoms with E-state index < -0.39 is 0 Å². The van der Waals surface area contributed by atoms with Gasteiger partial charge in [0.25, 0.3) is 0 Å². The molecule has 0 fully saturated rings. The van der Waals surface area contributed by atoms with E-state index in [9.17, 15) is 9.90 Å². The van der Waals surface area contributed by atoms with E-state index >= 15 is 0 Å². The summed E-state index contributed by atoms with van der Waals surface area (Å²) < 4.78 is 0. The summed E-state index contributed by atoms with van der Waals surface area (Å²) in [6.45, 7) is 5.61. The van der Waals surface area contributed by atoms with Crippen LogP contribution in [-0.2, 0) is 12.8 Å². The van der Waals surface area contributed by atoms with Gasteiger partial charge in [-0.25, -0.2) is 0 Å². The Kier molecular flexibility index (Phi) is 3.37. The summed E-state index contributed by atoms with van der Waals surface area (Å²) >= 11 is 0. The maximum atomic E-state index is 11.6. The molecule has 0 amide bonds. The Morgan fingerprint density at radius 3 is 2.39 bits per heavy atom. The minimum absolute atomic E-state index is 0.0880. The first kappa shape index (κ1) is 12.6. The summed E-state index contributed by atoms with van der Waals surface area (Å²) in [5, 5.41) is 12.2. The third-order valence-corrected chi connectivity index (χ3v) is 3.45. The quantitative estimate of drug-likeness (QED) is 0.829. The topological polar surface area (TPSA) is 37.3 Å². The molecule has 2 rings (SSSR count). The monoisotopic (exact) mass is 242 g/mol. The molecule has 2 heteroatoms. The molecule has 0 aliphatic heterocycles. The van der Waals surface area contributed by atoms with E-state index in [0.29, 0.717) is 5.56 Å². The predicted molar refractivity (Wildman–Crippen MR) is 74.4 cm³/mol. The SMILES string of the molecule is CCc1cc(C(C)=O)c(O)c2c(CC)cccc12. The van der Waals surface area contributed by atoms with E-state index in [2.05, 4.69) is 13.8 Å². The van der Waals surface area contributed by atoms with Crippen LogP contribution in [0.1, 0.15) is 42.3 Å². The van der Waals surface area contributed by atoms with Gasteiger partial charge in [-0.1, -0.05) is 32.0 Å². The highest BCUT2D eigenvalue weighted by Crippen LogP contribution is 2.35. The second-order valence-corrected chi connectivity index (χ2v) is 4.53. The number of phenolic OH excluding ortho intramolecular Hbond substituents is 1. The molecule has 18 heavy (non-hydrogen) atoms. The molecule has 0 aliphatic carbocycles. The number of hydrogen-bond acceptors (Lipinski definition) is 2. The van der Waals surface area contributed by atoms with Crippen LogP contribution in [0.15, 0.2) is 24.3 Å². The minimum atomic E-state index is -0.0880. The van der Waals surface area contributed by atoms with Gasteiger partial charge in [-0.3, -0.25) is 4.79 Å². The minimum Gasteiger partial charge on any atom is -0.507 e. The molecule has 0 aromatic heterocycles. The molecule has 2 nitrogen and oxygen atoms in total. The van der Waals surface area contributed by atoms with Crippen LogP contribution in [0.2, 0.25) is 0 Å². The molecule has 0 saturated heterocycles. The van der Waals surface area contributed by atoms with Crippen LogP contribution >= 0.6 is 0 Å². The number of aromatic hydroxyl groups is 1. The molecule has 0 bridgehead atoms. The van der Waals surface area contributed by atoms with Crippen molar-refractivity contribution in [2.24, 2.45) is 0 Å². The fraction of sp³-hybridized carbons (Fsp3) is 0.312. The van der Waals surface area contributed by atoms with E-state index in [1.165, 1.54) is 6.92 Å². The first-order valence-electron chi connectivity index (χ1n) is 6.37. The van der Waals surface area contributed by atoms with E-state index in [1.807, 2.05) is 24.3 Å². The lowest BCUT2D eigenvalue weighted by atomic mass is 9.93. The second-order valence-electron chi connectivity index (χ2n) is 4.53. The highest BCUT2D eigenvalue weighted by molar-refractivity contribution is 6.05. The van der Waals surface area contributed by atoms with Gasteiger partial charge in [0.05, 0.1) is 5.56 Å². The van der Waals surface area contributed by atoms with Crippen LogP contribution in [0, 0.1) is 0 Å². The third-order valence-electron chi connectivity index (χ3n) is 3.45. The predicted octanol–water partition coefficient (Wildman–Crippen LogP) is 3.87. The van der Waals surface area contributed by atoms with Gasteiger partial charge in [0.2, 0.25) is 0 Å². The van der Waals surface area contributed by atoms with E-state index in [-0.39, 0.29) is 11.5 Å². The van der Waals surface area contributed by atoms with Crippen molar-refractivity contribution < 1.29 is 9.90 Å². The maximum absolute atomic E-state index is 11.6. The summed E-state index contributed by atoms with van der Waals surface area (Å²) in [5.74, 6) is 0.0437. The highest BCUT2D eigenvalue weighted by Gasteiger charge is 2.15. The maximum Gasteiger partial charge on any atom is 0.163 e. The molecule has 0 aliphatic rings. The van der Waals surface area contributed by atoms with Crippen LogP contribution in [0.25, 0.3) is 10.8 Å². The Labute approximate surface area is 107 Å². The van der Waals surface area contributed by atoms with Crippen LogP contribution in [-0.4, -0.2) is 10.9 Å². The fourth-order valence-corrected chi connectivity index (χ4v) is 2.46. The number of fused-ring (bicyclic) bond motifs is 1. The molecule has 0 atom stereocenters. The van der Waals surface area contributed by atoms with E-state index in [1.54, 1.807) is 0 Å². The van der Waals surface area contributed by atoms with Crippen molar-refractivity contribution in [2.45, 2.75) is 33.6 Å². The molecular formula is C16H18O2. The second kappa shape index (κ2) is 4.81.